The van der Waals surface area contributed by atoms with E-state index < -0.39 is 31.3 Å². The Morgan fingerprint density at radius 2 is 1.75 bits per heavy atom. The predicted molar refractivity (Wildman–Crippen MR) is 130 cm³/mol. The van der Waals surface area contributed by atoms with Crippen LogP contribution in [0.15, 0.2) is 36.8 Å². The van der Waals surface area contributed by atoms with Gasteiger partial charge in [-0.15, -0.1) is 0 Å². The smallest absolute Gasteiger partial charge is 0.408 e. The highest BCUT2D eigenvalue weighted by Gasteiger charge is 2.50. The molecule has 1 saturated heterocycles. The van der Waals surface area contributed by atoms with E-state index in [0.717, 1.165) is 6.07 Å². The van der Waals surface area contributed by atoms with E-state index in [4.69, 9.17) is 18.9 Å². The van der Waals surface area contributed by atoms with Crippen LogP contribution in [0.2, 0.25) is 0 Å². The molecule has 4 aromatic heterocycles. The summed E-state index contributed by atoms with van der Waals surface area (Å²) in [4.78, 5) is 17.9. The fourth-order valence-corrected chi connectivity index (χ4v) is 4.23. The van der Waals surface area contributed by atoms with E-state index in [0.29, 0.717) is 27.0 Å². The van der Waals surface area contributed by atoms with Crippen molar-refractivity contribution in [2.24, 2.45) is 0 Å². The summed E-state index contributed by atoms with van der Waals surface area (Å²) < 4.78 is 90.8. The van der Waals surface area contributed by atoms with Crippen molar-refractivity contribution in [1.29, 1.82) is 0 Å². The van der Waals surface area contributed by atoms with Gasteiger partial charge in [-0.2, -0.15) is 23.3 Å². The molecular formula is C24H22F5N7O4. The number of rotatable bonds is 8. The maximum absolute atomic E-state index is 15.1. The van der Waals surface area contributed by atoms with E-state index in [1.54, 1.807) is 6.07 Å². The van der Waals surface area contributed by atoms with Crippen molar-refractivity contribution in [2.75, 3.05) is 39.3 Å². The van der Waals surface area contributed by atoms with E-state index in [1.165, 1.54) is 50.9 Å². The standard InChI is InChI=1S/C24H22F5N7O4/c1-37-20-5-14(4-16(33-20)15-9-31-22(39-3)34-21(15)38-2)35-10-18(23(25,26)11-35)40-19-6-17-13(7-30-19)8-32-36(17)12-24(27,28)29/h4-9,18H,10-12H2,1-3H3/t18-/m0/s1. The molecule has 11 nitrogen and oxygen atoms in total. The molecule has 1 aliphatic rings. The quantitative estimate of drug-likeness (QED) is 0.292. The van der Waals surface area contributed by atoms with Gasteiger partial charge in [0.05, 0.1) is 57.4 Å². The van der Waals surface area contributed by atoms with Crippen LogP contribution in [0.1, 0.15) is 0 Å². The predicted octanol–water partition coefficient (Wildman–Crippen LogP) is 3.77. The molecule has 5 rings (SSSR count). The van der Waals surface area contributed by atoms with Gasteiger partial charge in [-0.1, -0.05) is 0 Å². The summed E-state index contributed by atoms with van der Waals surface area (Å²) in [5.74, 6) is -3.29. The van der Waals surface area contributed by atoms with Crippen molar-refractivity contribution >= 4 is 16.6 Å². The average molecular weight is 567 g/mol. The third kappa shape index (κ3) is 5.46. The van der Waals surface area contributed by atoms with Gasteiger partial charge in [-0.3, -0.25) is 4.68 Å². The number of ether oxygens (including phenoxy) is 4. The zero-order valence-electron chi connectivity index (χ0n) is 21.3. The Balaban J connectivity index is 1.42. The first-order valence-corrected chi connectivity index (χ1v) is 11.7. The summed E-state index contributed by atoms with van der Waals surface area (Å²) in [5.41, 5.74) is 1.07. The molecule has 40 heavy (non-hydrogen) atoms. The minimum absolute atomic E-state index is 0.0552. The van der Waals surface area contributed by atoms with E-state index in [2.05, 4.69) is 25.0 Å². The Morgan fingerprint density at radius 1 is 0.950 bits per heavy atom. The van der Waals surface area contributed by atoms with Gasteiger partial charge < -0.3 is 23.8 Å². The minimum Gasteiger partial charge on any atom is -0.481 e. The first-order chi connectivity index (χ1) is 19.0. The van der Waals surface area contributed by atoms with Crippen LogP contribution < -0.4 is 23.8 Å². The Hall–Kier alpha value is -4.50. The number of hydrogen-bond acceptors (Lipinski definition) is 10. The monoisotopic (exact) mass is 567 g/mol. The zero-order valence-corrected chi connectivity index (χ0v) is 21.3. The summed E-state index contributed by atoms with van der Waals surface area (Å²) in [7, 11) is 4.18. The number of halogens is 5. The second-order valence-corrected chi connectivity index (χ2v) is 8.78. The van der Waals surface area contributed by atoms with Gasteiger partial charge in [-0.05, 0) is 6.07 Å². The Morgan fingerprint density at radius 3 is 2.45 bits per heavy atom. The summed E-state index contributed by atoms with van der Waals surface area (Å²) >= 11 is 0. The molecule has 0 bridgehead atoms. The van der Waals surface area contributed by atoms with Crippen molar-refractivity contribution in [1.82, 2.24) is 29.7 Å². The molecule has 16 heteroatoms. The maximum atomic E-state index is 15.1. The van der Waals surface area contributed by atoms with E-state index in [-0.39, 0.29) is 35.7 Å². The SMILES string of the molecule is COc1cc(N2C[C@H](Oc3cc4c(cn3)cnn4CC(F)(F)F)C(F)(F)C2)cc(-c2cnc(OC)nc2OC)n1. The molecule has 0 unspecified atom stereocenters. The van der Waals surface area contributed by atoms with Crippen LogP contribution in [0.4, 0.5) is 27.6 Å². The molecule has 5 heterocycles. The van der Waals surface area contributed by atoms with Crippen molar-refractivity contribution in [3.63, 3.8) is 0 Å². The molecule has 1 fully saturated rings. The zero-order chi connectivity index (χ0) is 28.7. The van der Waals surface area contributed by atoms with Crippen molar-refractivity contribution in [3.8, 4) is 34.9 Å². The number of aromatic nitrogens is 6. The van der Waals surface area contributed by atoms with Gasteiger partial charge in [-0.25, -0.2) is 23.7 Å². The van der Waals surface area contributed by atoms with Gasteiger partial charge in [0.25, 0.3) is 0 Å². The second kappa shape index (κ2) is 10.2. The number of anilines is 1. The third-order valence-electron chi connectivity index (χ3n) is 6.10. The highest BCUT2D eigenvalue weighted by molar-refractivity contribution is 5.78. The Bertz CT molecular complexity index is 1530. The Labute approximate surface area is 223 Å². The topological polar surface area (TPSA) is 110 Å². The van der Waals surface area contributed by atoms with Crippen LogP contribution in [0.3, 0.4) is 0 Å². The minimum atomic E-state index is -4.52. The van der Waals surface area contributed by atoms with Gasteiger partial charge in [0.2, 0.25) is 17.6 Å². The maximum Gasteiger partial charge on any atom is 0.408 e. The molecule has 0 spiro atoms. The third-order valence-corrected chi connectivity index (χ3v) is 6.10. The summed E-state index contributed by atoms with van der Waals surface area (Å²) in [5, 5.41) is 4.02. The molecule has 1 aliphatic heterocycles. The number of nitrogens with zero attached hydrogens (tertiary/aromatic N) is 7. The lowest BCUT2D eigenvalue weighted by atomic mass is 10.2. The van der Waals surface area contributed by atoms with E-state index >= 15 is 8.78 Å². The molecule has 0 aliphatic carbocycles. The van der Waals surface area contributed by atoms with E-state index in [9.17, 15) is 13.2 Å². The van der Waals surface area contributed by atoms with Crippen LogP contribution in [0.5, 0.6) is 23.7 Å². The molecule has 0 amide bonds. The number of alkyl halides is 5. The fourth-order valence-electron chi connectivity index (χ4n) is 4.23. The fraction of sp³-hybridized carbons (Fsp3) is 0.375. The van der Waals surface area contributed by atoms with Gasteiger partial charge >= 0.3 is 18.1 Å². The van der Waals surface area contributed by atoms with Crippen LogP contribution >= 0.6 is 0 Å². The number of methoxy groups -OCH3 is 3. The first-order valence-electron chi connectivity index (χ1n) is 11.7. The Kier molecular flexibility index (Phi) is 6.93. The molecule has 0 aromatic carbocycles. The van der Waals surface area contributed by atoms with Crippen LogP contribution in [0, 0.1) is 0 Å². The molecular weight excluding hydrogens is 545 g/mol. The largest absolute Gasteiger partial charge is 0.481 e. The number of pyridine rings is 2. The number of fused-ring (bicyclic) bond motifs is 1. The first kappa shape index (κ1) is 27.1. The lowest BCUT2D eigenvalue weighted by molar-refractivity contribution is -0.141. The van der Waals surface area contributed by atoms with E-state index in [1.807, 2.05) is 0 Å². The molecule has 4 aromatic rings. The number of hydrogen-bond donors (Lipinski definition) is 0. The van der Waals surface area contributed by atoms with Gasteiger partial charge in [0.15, 0.2) is 6.10 Å². The molecule has 0 N–H and O–H groups in total. The van der Waals surface area contributed by atoms with Crippen LogP contribution in [0.25, 0.3) is 22.2 Å². The summed E-state index contributed by atoms with van der Waals surface area (Å²) in [6.45, 7) is -2.32. The van der Waals surface area contributed by atoms with Crippen LogP contribution in [-0.4, -0.2) is 82.3 Å². The van der Waals surface area contributed by atoms with Crippen molar-refractivity contribution in [2.45, 2.75) is 24.7 Å². The lowest BCUT2D eigenvalue weighted by Crippen LogP contribution is -2.36. The van der Waals surface area contributed by atoms with Crippen molar-refractivity contribution < 1.29 is 40.9 Å². The van der Waals surface area contributed by atoms with Crippen LogP contribution in [-0.2, 0) is 6.54 Å². The van der Waals surface area contributed by atoms with Crippen molar-refractivity contribution in [3.05, 3.63) is 36.8 Å². The summed E-state index contributed by atoms with van der Waals surface area (Å²) in [6, 6.07) is 4.26. The molecule has 0 saturated carbocycles. The second-order valence-electron chi connectivity index (χ2n) is 8.78. The van der Waals surface area contributed by atoms with Gasteiger partial charge in [0.1, 0.15) is 6.54 Å². The lowest BCUT2D eigenvalue weighted by Gasteiger charge is -2.19. The normalized spacial score (nSPS) is 16.8. The molecule has 0 radical (unpaired) electrons. The summed E-state index contributed by atoms with van der Waals surface area (Å²) in [6.07, 6.45) is -2.32. The molecule has 1 atom stereocenters. The highest BCUT2D eigenvalue weighted by atomic mass is 19.4. The highest BCUT2D eigenvalue weighted by Crippen LogP contribution is 2.38. The average Bonchev–Trinajstić information content (AvgIpc) is 3.45. The van der Waals surface area contributed by atoms with Gasteiger partial charge in [0, 0.05) is 35.6 Å². The molecule has 212 valence electrons.